The second-order valence-corrected chi connectivity index (χ2v) is 6.39. The van der Waals surface area contributed by atoms with Crippen molar-refractivity contribution in [3.8, 4) is 0 Å². The lowest BCUT2D eigenvalue weighted by molar-refractivity contribution is 0.628. The lowest BCUT2D eigenvalue weighted by atomic mass is 10.0. The molecule has 0 aliphatic carbocycles. The molecule has 0 bridgehead atoms. The third kappa shape index (κ3) is 4.36. The lowest BCUT2D eigenvalue weighted by Crippen LogP contribution is -2.21. The summed E-state index contributed by atoms with van der Waals surface area (Å²) in [6.45, 7) is 9.09. The number of aryl methyl sites for hydroxylation is 1. The third-order valence-electron chi connectivity index (χ3n) is 3.38. The first-order valence-corrected chi connectivity index (χ1v) is 7.45. The molecule has 0 saturated carbocycles. The number of benzene rings is 1. The van der Waals surface area contributed by atoms with Crippen LogP contribution >= 0.6 is 11.8 Å². The van der Waals surface area contributed by atoms with Crippen molar-refractivity contribution in [2.24, 2.45) is 5.92 Å². The van der Waals surface area contributed by atoms with Crippen LogP contribution in [0.4, 0.5) is 0 Å². The predicted molar refractivity (Wildman–Crippen MR) is 79.7 cm³/mol. The van der Waals surface area contributed by atoms with Gasteiger partial charge in [-0.3, -0.25) is 0 Å². The Kier molecular flexibility index (Phi) is 6.07. The molecule has 1 rings (SSSR count). The molecule has 2 atom stereocenters. The van der Waals surface area contributed by atoms with Crippen molar-refractivity contribution in [1.29, 1.82) is 0 Å². The molecule has 0 amide bonds. The third-order valence-corrected chi connectivity index (χ3v) is 4.97. The Morgan fingerprint density at radius 2 is 1.82 bits per heavy atom. The highest BCUT2D eigenvalue weighted by molar-refractivity contribution is 7.99. The maximum atomic E-state index is 3.43. The van der Waals surface area contributed by atoms with E-state index >= 15 is 0 Å². The van der Waals surface area contributed by atoms with E-state index in [2.05, 4.69) is 76.1 Å². The van der Waals surface area contributed by atoms with E-state index in [-0.39, 0.29) is 0 Å². The summed E-state index contributed by atoms with van der Waals surface area (Å²) in [5.41, 5.74) is 2.81. The molecular weight excluding hydrogens is 226 g/mol. The van der Waals surface area contributed by atoms with Gasteiger partial charge in [0.05, 0.1) is 0 Å². The monoisotopic (exact) mass is 251 g/mol. The molecule has 96 valence electrons. The predicted octanol–water partition coefficient (Wildman–Crippen LogP) is 4.03. The van der Waals surface area contributed by atoms with Crippen molar-refractivity contribution in [2.75, 3.05) is 12.8 Å². The Balaban J connectivity index is 2.64. The first-order valence-electron chi connectivity index (χ1n) is 6.40. The summed E-state index contributed by atoms with van der Waals surface area (Å²) in [4.78, 5) is 0. The van der Waals surface area contributed by atoms with Crippen LogP contribution in [0.2, 0.25) is 0 Å². The summed E-state index contributed by atoms with van der Waals surface area (Å²) in [6.07, 6.45) is 0. The fourth-order valence-electron chi connectivity index (χ4n) is 1.75. The highest BCUT2D eigenvalue weighted by Crippen LogP contribution is 2.26. The van der Waals surface area contributed by atoms with Crippen LogP contribution in [0.25, 0.3) is 0 Å². The number of hydrogen-bond acceptors (Lipinski definition) is 2. The summed E-state index contributed by atoms with van der Waals surface area (Å²) in [6, 6.07) is 9.12. The number of nitrogens with one attached hydrogen (secondary N) is 1. The van der Waals surface area contributed by atoms with Crippen LogP contribution in [0.3, 0.4) is 0 Å². The van der Waals surface area contributed by atoms with Crippen LogP contribution in [-0.4, -0.2) is 18.1 Å². The fourth-order valence-corrected chi connectivity index (χ4v) is 2.97. The molecule has 2 heteroatoms. The second-order valence-electron chi connectivity index (χ2n) is 4.98. The molecule has 0 aliphatic heterocycles. The van der Waals surface area contributed by atoms with Gasteiger partial charge in [0.15, 0.2) is 0 Å². The Hall–Kier alpha value is -0.470. The quantitative estimate of drug-likeness (QED) is 0.819. The molecular formula is C15H25NS. The molecule has 1 aromatic carbocycles. The van der Waals surface area contributed by atoms with Crippen molar-refractivity contribution in [1.82, 2.24) is 5.32 Å². The van der Waals surface area contributed by atoms with E-state index in [1.165, 1.54) is 11.1 Å². The average Bonchev–Trinajstić information content (AvgIpc) is 2.31. The SMILES string of the molecule is CNC(CSC(C)C(C)C)c1ccccc1C. The Bertz CT molecular complexity index is 335. The zero-order chi connectivity index (χ0) is 12.8. The average molecular weight is 251 g/mol. The van der Waals surface area contributed by atoms with Gasteiger partial charge in [-0.15, -0.1) is 0 Å². The number of thioether (sulfide) groups is 1. The Morgan fingerprint density at radius 3 is 2.35 bits per heavy atom. The molecule has 17 heavy (non-hydrogen) atoms. The van der Waals surface area contributed by atoms with Gasteiger partial charge in [0, 0.05) is 17.0 Å². The van der Waals surface area contributed by atoms with Gasteiger partial charge in [0.1, 0.15) is 0 Å². The molecule has 0 aromatic heterocycles. The van der Waals surface area contributed by atoms with Gasteiger partial charge in [-0.2, -0.15) is 11.8 Å². The molecule has 1 N–H and O–H groups in total. The summed E-state index contributed by atoms with van der Waals surface area (Å²) in [5, 5.41) is 4.15. The first-order chi connectivity index (χ1) is 8.06. The van der Waals surface area contributed by atoms with Crippen molar-refractivity contribution < 1.29 is 0 Å². The minimum Gasteiger partial charge on any atom is -0.312 e. The largest absolute Gasteiger partial charge is 0.312 e. The van der Waals surface area contributed by atoms with Gasteiger partial charge in [0.25, 0.3) is 0 Å². The summed E-state index contributed by atoms with van der Waals surface area (Å²) in [5.74, 6) is 1.88. The fraction of sp³-hybridized carbons (Fsp3) is 0.600. The van der Waals surface area contributed by atoms with Gasteiger partial charge in [-0.1, -0.05) is 45.0 Å². The molecule has 1 nitrogen and oxygen atoms in total. The zero-order valence-electron chi connectivity index (χ0n) is 11.7. The topological polar surface area (TPSA) is 12.0 Å². The zero-order valence-corrected chi connectivity index (χ0v) is 12.5. The van der Waals surface area contributed by atoms with Crippen LogP contribution in [0, 0.1) is 12.8 Å². The second kappa shape index (κ2) is 7.07. The number of hydrogen-bond donors (Lipinski definition) is 1. The molecule has 0 aliphatic rings. The normalized spacial score (nSPS) is 14.9. The van der Waals surface area contributed by atoms with E-state index in [1.807, 2.05) is 0 Å². The van der Waals surface area contributed by atoms with Crippen LogP contribution in [0.15, 0.2) is 24.3 Å². The smallest absolute Gasteiger partial charge is 0.0412 e. The minimum atomic E-state index is 0.461. The highest BCUT2D eigenvalue weighted by Gasteiger charge is 2.14. The maximum Gasteiger partial charge on any atom is 0.0412 e. The van der Waals surface area contributed by atoms with Gasteiger partial charge >= 0.3 is 0 Å². The Morgan fingerprint density at radius 1 is 1.18 bits per heavy atom. The van der Waals surface area contributed by atoms with Crippen molar-refractivity contribution in [3.05, 3.63) is 35.4 Å². The van der Waals surface area contributed by atoms with E-state index in [0.29, 0.717) is 6.04 Å². The molecule has 0 heterocycles. The van der Waals surface area contributed by atoms with Crippen molar-refractivity contribution in [3.63, 3.8) is 0 Å². The van der Waals surface area contributed by atoms with Crippen LogP contribution in [-0.2, 0) is 0 Å². The van der Waals surface area contributed by atoms with E-state index in [9.17, 15) is 0 Å². The van der Waals surface area contributed by atoms with Crippen LogP contribution in [0.1, 0.15) is 37.9 Å². The lowest BCUT2D eigenvalue weighted by Gasteiger charge is -2.22. The molecule has 2 unspecified atom stereocenters. The standard InChI is InChI=1S/C15H25NS/c1-11(2)13(4)17-10-15(16-5)14-9-7-6-8-12(14)3/h6-9,11,13,15-16H,10H2,1-5H3. The van der Waals surface area contributed by atoms with E-state index < -0.39 is 0 Å². The number of rotatable bonds is 6. The maximum absolute atomic E-state index is 3.43. The van der Waals surface area contributed by atoms with Crippen molar-refractivity contribution in [2.45, 2.75) is 39.0 Å². The van der Waals surface area contributed by atoms with Gasteiger partial charge < -0.3 is 5.32 Å². The van der Waals surface area contributed by atoms with Crippen molar-refractivity contribution >= 4 is 11.8 Å². The molecule has 1 aromatic rings. The van der Waals surface area contributed by atoms with Crippen LogP contribution < -0.4 is 5.32 Å². The van der Waals surface area contributed by atoms with E-state index in [4.69, 9.17) is 0 Å². The highest BCUT2D eigenvalue weighted by atomic mass is 32.2. The first kappa shape index (κ1) is 14.6. The van der Waals surface area contributed by atoms with Crippen LogP contribution in [0.5, 0.6) is 0 Å². The molecule has 0 radical (unpaired) electrons. The van der Waals surface area contributed by atoms with E-state index in [1.54, 1.807) is 0 Å². The van der Waals surface area contributed by atoms with Gasteiger partial charge in [-0.05, 0) is 31.0 Å². The summed E-state index contributed by atoms with van der Waals surface area (Å²) in [7, 11) is 2.05. The molecule has 0 saturated heterocycles. The molecule has 0 spiro atoms. The summed E-state index contributed by atoms with van der Waals surface area (Å²) >= 11 is 2.06. The van der Waals surface area contributed by atoms with Gasteiger partial charge in [0.2, 0.25) is 0 Å². The van der Waals surface area contributed by atoms with E-state index in [0.717, 1.165) is 16.9 Å². The molecule has 0 fully saturated rings. The summed E-state index contributed by atoms with van der Waals surface area (Å²) < 4.78 is 0. The Labute approximate surface area is 110 Å². The van der Waals surface area contributed by atoms with Gasteiger partial charge in [-0.25, -0.2) is 0 Å². The minimum absolute atomic E-state index is 0.461.